The third-order valence-corrected chi connectivity index (χ3v) is 4.36. The Bertz CT molecular complexity index is 533. The van der Waals surface area contributed by atoms with E-state index in [-0.39, 0.29) is 11.6 Å². The first kappa shape index (κ1) is 16.4. The summed E-state index contributed by atoms with van der Waals surface area (Å²) < 4.78 is 0. The number of nitro groups is 1. The molecule has 2 N–H and O–H groups in total. The Morgan fingerprint density at radius 1 is 1.45 bits per heavy atom. The third-order valence-electron chi connectivity index (χ3n) is 4.36. The number of nitrogens with zero attached hydrogens (tertiary/aromatic N) is 1. The molecule has 1 aliphatic heterocycles. The molecule has 2 atom stereocenters. The van der Waals surface area contributed by atoms with E-state index in [1.165, 1.54) is 44.0 Å². The Kier molecular flexibility index (Phi) is 5.89. The molecule has 1 aliphatic rings. The Morgan fingerprint density at radius 2 is 2.27 bits per heavy atom. The number of rotatable bonds is 6. The number of likely N-dealkylation sites (tertiary alicyclic amines) is 1. The van der Waals surface area contributed by atoms with Crippen LogP contribution in [0.5, 0.6) is 0 Å². The molecular formula is C16H24N3O3+. The largest absolute Gasteiger partial charge is 0.352 e. The van der Waals surface area contributed by atoms with Crippen LogP contribution in [0.4, 0.5) is 5.69 Å². The monoisotopic (exact) mass is 306 g/mol. The van der Waals surface area contributed by atoms with Crippen molar-refractivity contribution in [2.75, 3.05) is 19.6 Å². The minimum atomic E-state index is -0.488. The zero-order valence-electron chi connectivity index (χ0n) is 13.0. The number of carbonyl (C=O) groups is 1. The third kappa shape index (κ3) is 4.53. The summed E-state index contributed by atoms with van der Waals surface area (Å²) in [5.74, 6) is -0.245. The van der Waals surface area contributed by atoms with E-state index in [4.69, 9.17) is 0 Å². The first-order valence-corrected chi connectivity index (χ1v) is 7.95. The average Bonchev–Trinajstić information content (AvgIpc) is 2.53. The lowest BCUT2D eigenvalue weighted by Crippen LogP contribution is -3.16. The molecule has 2 rings (SSSR count). The number of benzene rings is 1. The SMILES string of the molecule is C[C@@H]1CCCC[NH+]1CCCNC(=O)c1cccc([N+](=O)[O-])c1. The van der Waals surface area contributed by atoms with Gasteiger partial charge in [-0.05, 0) is 32.3 Å². The summed E-state index contributed by atoms with van der Waals surface area (Å²) in [7, 11) is 0. The molecule has 1 heterocycles. The molecule has 0 aliphatic carbocycles. The highest BCUT2D eigenvalue weighted by Gasteiger charge is 2.21. The van der Waals surface area contributed by atoms with Gasteiger partial charge in [-0.2, -0.15) is 0 Å². The van der Waals surface area contributed by atoms with Crippen LogP contribution in [0.25, 0.3) is 0 Å². The second kappa shape index (κ2) is 7.89. The van der Waals surface area contributed by atoms with Crippen molar-refractivity contribution >= 4 is 11.6 Å². The lowest BCUT2D eigenvalue weighted by Gasteiger charge is -2.30. The van der Waals surface area contributed by atoms with Gasteiger partial charge in [-0.15, -0.1) is 0 Å². The lowest BCUT2D eigenvalue weighted by molar-refractivity contribution is -0.928. The van der Waals surface area contributed by atoms with Crippen molar-refractivity contribution < 1.29 is 14.6 Å². The summed E-state index contributed by atoms with van der Waals surface area (Å²) in [6, 6.07) is 6.54. The molecule has 1 aromatic rings. The quantitative estimate of drug-likeness (QED) is 0.470. The van der Waals surface area contributed by atoms with E-state index in [0.29, 0.717) is 18.2 Å². The van der Waals surface area contributed by atoms with Crippen LogP contribution in [0, 0.1) is 10.1 Å². The van der Waals surface area contributed by atoms with Crippen LogP contribution < -0.4 is 10.2 Å². The van der Waals surface area contributed by atoms with E-state index < -0.39 is 4.92 Å². The van der Waals surface area contributed by atoms with Crippen LogP contribution >= 0.6 is 0 Å². The predicted molar refractivity (Wildman–Crippen MR) is 84.1 cm³/mol. The van der Waals surface area contributed by atoms with Crippen molar-refractivity contribution in [3.63, 3.8) is 0 Å². The van der Waals surface area contributed by atoms with Crippen molar-refractivity contribution in [1.82, 2.24) is 5.32 Å². The molecule has 1 unspecified atom stereocenters. The lowest BCUT2D eigenvalue weighted by atomic mass is 10.0. The number of non-ortho nitro benzene ring substituents is 1. The van der Waals surface area contributed by atoms with Crippen molar-refractivity contribution in [2.24, 2.45) is 0 Å². The summed E-state index contributed by atoms with van der Waals surface area (Å²) in [5.41, 5.74) is 0.284. The van der Waals surface area contributed by atoms with Crippen LogP contribution in [0.2, 0.25) is 0 Å². The van der Waals surface area contributed by atoms with Gasteiger partial charge in [0.05, 0.1) is 24.1 Å². The van der Waals surface area contributed by atoms with Gasteiger partial charge >= 0.3 is 0 Å². The van der Waals surface area contributed by atoms with Crippen LogP contribution in [0.3, 0.4) is 0 Å². The standard InChI is InChI=1S/C16H23N3O3/c1-13-6-2-3-10-18(13)11-5-9-17-16(20)14-7-4-8-15(12-14)19(21)22/h4,7-8,12-13H,2-3,5-6,9-11H2,1H3,(H,17,20)/p+1/t13-/m1/s1. The van der Waals surface area contributed by atoms with Gasteiger partial charge in [-0.1, -0.05) is 6.07 Å². The van der Waals surface area contributed by atoms with Gasteiger partial charge in [-0.3, -0.25) is 14.9 Å². The molecule has 120 valence electrons. The van der Waals surface area contributed by atoms with Gasteiger partial charge in [-0.25, -0.2) is 0 Å². The number of nitrogens with one attached hydrogen (secondary N) is 2. The van der Waals surface area contributed by atoms with Crippen molar-refractivity contribution in [2.45, 2.75) is 38.6 Å². The molecule has 6 heteroatoms. The molecule has 0 aromatic heterocycles. The maximum Gasteiger partial charge on any atom is 0.270 e. The smallest absolute Gasteiger partial charge is 0.270 e. The van der Waals surface area contributed by atoms with Crippen molar-refractivity contribution in [3.8, 4) is 0 Å². The van der Waals surface area contributed by atoms with Gasteiger partial charge in [0.15, 0.2) is 0 Å². The molecule has 0 radical (unpaired) electrons. The molecule has 1 saturated heterocycles. The first-order chi connectivity index (χ1) is 10.6. The zero-order chi connectivity index (χ0) is 15.9. The van der Waals surface area contributed by atoms with E-state index >= 15 is 0 Å². The molecule has 1 fully saturated rings. The van der Waals surface area contributed by atoms with Crippen LogP contribution in [0.15, 0.2) is 24.3 Å². The molecule has 6 nitrogen and oxygen atoms in total. The van der Waals surface area contributed by atoms with Gasteiger partial charge in [0, 0.05) is 30.7 Å². The molecule has 0 spiro atoms. The average molecular weight is 306 g/mol. The van der Waals surface area contributed by atoms with Crippen LogP contribution in [-0.2, 0) is 0 Å². The molecule has 0 bridgehead atoms. The molecular weight excluding hydrogens is 282 g/mol. The number of quaternary nitrogens is 1. The summed E-state index contributed by atoms with van der Waals surface area (Å²) in [5, 5.41) is 13.6. The van der Waals surface area contributed by atoms with Crippen LogP contribution in [-0.4, -0.2) is 36.5 Å². The minimum Gasteiger partial charge on any atom is -0.352 e. The van der Waals surface area contributed by atoms with E-state index in [1.54, 1.807) is 11.0 Å². The predicted octanol–water partition coefficient (Wildman–Crippen LogP) is 1.17. The highest BCUT2D eigenvalue weighted by atomic mass is 16.6. The normalized spacial score (nSPS) is 21.3. The Labute approximate surface area is 130 Å². The van der Waals surface area contributed by atoms with Gasteiger partial charge in [0.25, 0.3) is 11.6 Å². The van der Waals surface area contributed by atoms with E-state index in [9.17, 15) is 14.9 Å². The fourth-order valence-electron chi connectivity index (χ4n) is 3.00. The second-order valence-corrected chi connectivity index (χ2v) is 5.97. The Hall–Kier alpha value is -1.95. The topological polar surface area (TPSA) is 76.7 Å². The van der Waals surface area contributed by atoms with Crippen molar-refractivity contribution in [3.05, 3.63) is 39.9 Å². The summed E-state index contributed by atoms with van der Waals surface area (Å²) in [6.07, 6.45) is 4.84. The Balaban J connectivity index is 1.75. The molecule has 1 amide bonds. The molecule has 22 heavy (non-hydrogen) atoms. The molecule has 0 saturated carbocycles. The van der Waals surface area contributed by atoms with Gasteiger partial charge < -0.3 is 10.2 Å². The fourth-order valence-corrected chi connectivity index (χ4v) is 3.00. The van der Waals surface area contributed by atoms with Crippen molar-refractivity contribution in [1.29, 1.82) is 0 Å². The number of amides is 1. The summed E-state index contributed by atoms with van der Waals surface area (Å²) in [4.78, 5) is 23.8. The molecule has 1 aromatic carbocycles. The fraction of sp³-hybridized carbons (Fsp3) is 0.562. The zero-order valence-corrected chi connectivity index (χ0v) is 13.0. The summed E-state index contributed by atoms with van der Waals surface area (Å²) >= 11 is 0. The Morgan fingerprint density at radius 3 is 3.00 bits per heavy atom. The van der Waals surface area contributed by atoms with E-state index in [1.807, 2.05) is 0 Å². The number of piperidine rings is 1. The van der Waals surface area contributed by atoms with Crippen LogP contribution in [0.1, 0.15) is 43.0 Å². The number of hydrogen-bond donors (Lipinski definition) is 2. The van der Waals surface area contributed by atoms with Gasteiger partial charge in [0.2, 0.25) is 0 Å². The minimum absolute atomic E-state index is 0.0563. The number of nitro benzene ring substituents is 1. The highest BCUT2D eigenvalue weighted by molar-refractivity contribution is 5.94. The van der Waals surface area contributed by atoms with E-state index in [2.05, 4.69) is 12.2 Å². The first-order valence-electron chi connectivity index (χ1n) is 7.95. The highest BCUT2D eigenvalue weighted by Crippen LogP contribution is 2.12. The summed E-state index contributed by atoms with van der Waals surface area (Å²) in [6.45, 7) is 5.18. The number of carbonyl (C=O) groups excluding carboxylic acids is 1. The van der Waals surface area contributed by atoms with Gasteiger partial charge in [0.1, 0.15) is 0 Å². The second-order valence-electron chi connectivity index (χ2n) is 5.97. The van der Waals surface area contributed by atoms with E-state index in [0.717, 1.165) is 13.0 Å². The maximum atomic E-state index is 12.0. The maximum absolute atomic E-state index is 12.0. The number of hydrogen-bond acceptors (Lipinski definition) is 3.